The van der Waals surface area contributed by atoms with E-state index in [1.165, 1.54) is 0 Å². The number of hydrogen-bond donors (Lipinski definition) is 0. The standard InChI is InChI=1S/C11H11N3/c1-12-9-14-8-7-13-11(14)10-5-3-2-4-6-10/h2-9H,1H3. The third-order valence-corrected chi connectivity index (χ3v) is 1.94. The zero-order valence-electron chi connectivity index (χ0n) is 7.96. The predicted octanol–water partition coefficient (Wildman–Crippen LogP) is 2.06. The first-order chi connectivity index (χ1) is 6.92. The molecule has 1 aromatic heterocycles. The molecule has 0 bridgehead atoms. The first-order valence-electron chi connectivity index (χ1n) is 4.42. The molecule has 0 amide bonds. The van der Waals surface area contributed by atoms with Crippen LogP contribution in [0.15, 0.2) is 47.7 Å². The monoisotopic (exact) mass is 185 g/mol. The van der Waals surface area contributed by atoms with E-state index in [4.69, 9.17) is 0 Å². The van der Waals surface area contributed by atoms with Gasteiger partial charge in [0.25, 0.3) is 0 Å². The van der Waals surface area contributed by atoms with Crippen LogP contribution >= 0.6 is 0 Å². The molecule has 3 nitrogen and oxygen atoms in total. The number of aliphatic imine (C=N–C) groups is 1. The Labute approximate surface area is 82.8 Å². The molecule has 0 spiro atoms. The van der Waals surface area contributed by atoms with Crippen molar-refractivity contribution in [3.63, 3.8) is 0 Å². The fourth-order valence-corrected chi connectivity index (χ4v) is 1.34. The normalized spacial score (nSPS) is 10.9. The second kappa shape index (κ2) is 3.87. The summed E-state index contributed by atoms with van der Waals surface area (Å²) in [6, 6.07) is 10.0. The Hall–Kier alpha value is -1.90. The van der Waals surface area contributed by atoms with E-state index in [9.17, 15) is 0 Å². The zero-order valence-corrected chi connectivity index (χ0v) is 7.96. The largest absolute Gasteiger partial charge is 0.290 e. The summed E-state index contributed by atoms with van der Waals surface area (Å²) in [6.07, 6.45) is 5.40. The Kier molecular flexibility index (Phi) is 2.40. The smallest absolute Gasteiger partial charge is 0.145 e. The first kappa shape index (κ1) is 8.69. The lowest BCUT2D eigenvalue weighted by molar-refractivity contribution is 1.16. The Balaban J connectivity index is 2.47. The minimum atomic E-state index is 0.913. The summed E-state index contributed by atoms with van der Waals surface area (Å²) in [5.74, 6) is 0.913. The van der Waals surface area contributed by atoms with E-state index < -0.39 is 0 Å². The van der Waals surface area contributed by atoms with Crippen molar-refractivity contribution < 1.29 is 0 Å². The molecule has 1 aromatic carbocycles. The Bertz CT molecular complexity index is 429. The van der Waals surface area contributed by atoms with Gasteiger partial charge in [-0.25, -0.2) is 4.98 Å². The highest BCUT2D eigenvalue weighted by atomic mass is 15.1. The summed E-state index contributed by atoms with van der Waals surface area (Å²) < 4.78 is 1.90. The molecule has 0 fully saturated rings. The molecule has 0 saturated heterocycles. The number of nitrogens with zero attached hydrogens (tertiary/aromatic N) is 3. The molecule has 0 aliphatic heterocycles. The lowest BCUT2D eigenvalue weighted by atomic mass is 10.2. The Morgan fingerprint density at radius 3 is 2.79 bits per heavy atom. The second-order valence-corrected chi connectivity index (χ2v) is 2.90. The molecule has 0 atom stereocenters. The van der Waals surface area contributed by atoms with Gasteiger partial charge in [0.05, 0.1) is 6.34 Å². The van der Waals surface area contributed by atoms with Crippen LogP contribution < -0.4 is 0 Å². The highest BCUT2D eigenvalue weighted by Gasteiger charge is 2.01. The molecule has 14 heavy (non-hydrogen) atoms. The second-order valence-electron chi connectivity index (χ2n) is 2.90. The summed E-state index contributed by atoms with van der Waals surface area (Å²) in [5.41, 5.74) is 1.09. The van der Waals surface area contributed by atoms with Crippen molar-refractivity contribution in [2.45, 2.75) is 0 Å². The van der Waals surface area contributed by atoms with Crippen molar-refractivity contribution in [2.24, 2.45) is 4.99 Å². The molecule has 1 heterocycles. The van der Waals surface area contributed by atoms with Gasteiger partial charge in [-0.05, 0) is 0 Å². The van der Waals surface area contributed by atoms with Gasteiger partial charge in [-0.2, -0.15) is 0 Å². The summed E-state index contributed by atoms with van der Waals surface area (Å²) in [7, 11) is 1.74. The van der Waals surface area contributed by atoms with Gasteiger partial charge < -0.3 is 0 Å². The van der Waals surface area contributed by atoms with Crippen LogP contribution in [0.5, 0.6) is 0 Å². The van der Waals surface area contributed by atoms with Crippen LogP contribution in [0.4, 0.5) is 0 Å². The van der Waals surface area contributed by atoms with E-state index in [1.807, 2.05) is 41.1 Å². The van der Waals surface area contributed by atoms with Gasteiger partial charge in [-0.15, -0.1) is 0 Å². The first-order valence-corrected chi connectivity index (χ1v) is 4.42. The van der Waals surface area contributed by atoms with Crippen molar-refractivity contribution in [2.75, 3.05) is 7.05 Å². The van der Waals surface area contributed by atoms with Crippen molar-refractivity contribution >= 4 is 6.34 Å². The fourth-order valence-electron chi connectivity index (χ4n) is 1.34. The maximum atomic E-state index is 4.28. The predicted molar refractivity (Wildman–Crippen MR) is 57.5 cm³/mol. The van der Waals surface area contributed by atoms with E-state index >= 15 is 0 Å². The highest BCUT2D eigenvalue weighted by molar-refractivity contribution is 5.68. The Morgan fingerprint density at radius 2 is 2.07 bits per heavy atom. The van der Waals surface area contributed by atoms with Crippen LogP contribution in [0.3, 0.4) is 0 Å². The number of aromatic nitrogens is 2. The fraction of sp³-hybridized carbons (Fsp3) is 0.0909. The lowest BCUT2D eigenvalue weighted by Gasteiger charge is -2.00. The average molecular weight is 185 g/mol. The third-order valence-electron chi connectivity index (χ3n) is 1.94. The van der Waals surface area contributed by atoms with Crippen LogP contribution in [0, 0.1) is 0 Å². The molecular formula is C11H11N3. The van der Waals surface area contributed by atoms with Crippen LogP contribution in [-0.2, 0) is 0 Å². The van der Waals surface area contributed by atoms with Gasteiger partial charge in [0.1, 0.15) is 5.82 Å². The SMILES string of the molecule is CN=Cn1ccnc1-c1ccccc1. The van der Waals surface area contributed by atoms with Gasteiger partial charge in [0, 0.05) is 25.0 Å². The number of rotatable bonds is 2. The molecule has 0 saturated carbocycles. The number of hydrogen-bond acceptors (Lipinski definition) is 2. The molecule has 0 radical (unpaired) electrons. The maximum absolute atomic E-state index is 4.28. The van der Waals surface area contributed by atoms with Crippen LogP contribution in [0.1, 0.15) is 0 Å². The molecule has 0 N–H and O–H groups in total. The van der Waals surface area contributed by atoms with Gasteiger partial charge in [-0.3, -0.25) is 9.56 Å². The minimum absolute atomic E-state index is 0.913. The molecule has 70 valence electrons. The lowest BCUT2D eigenvalue weighted by Crippen LogP contribution is -1.96. The number of imidazole rings is 1. The maximum Gasteiger partial charge on any atom is 0.145 e. The zero-order chi connectivity index (χ0) is 9.80. The summed E-state index contributed by atoms with van der Waals surface area (Å²) in [6.45, 7) is 0. The van der Waals surface area contributed by atoms with Crippen LogP contribution in [0.2, 0.25) is 0 Å². The van der Waals surface area contributed by atoms with Gasteiger partial charge in [-0.1, -0.05) is 30.3 Å². The number of benzene rings is 1. The molecule has 2 aromatic rings. The van der Waals surface area contributed by atoms with E-state index in [0.29, 0.717) is 0 Å². The van der Waals surface area contributed by atoms with Crippen LogP contribution in [0.25, 0.3) is 11.4 Å². The summed E-state index contributed by atoms with van der Waals surface area (Å²) in [4.78, 5) is 8.24. The van der Waals surface area contributed by atoms with Crippen LogP contribution in [-0.4, -0.2) is 22.9 Å². The van der Waals surface area contributed by atoms with Crippen molar-refractivity contribution in [3.8, 4) is 11.4 Å². The van der Waals surface area contributed by atoms with Crippen molar-refractivity contribution in [3.05, 3.63) is 42.7 Å². The van der Waals surface area contributed by atoms with E-state index in [1.54, 1.807) is 19.6 Å². The molecule has 3 heteroatoms. The molecule has 0 aliphatic rings. The summed E-state index contributed by atoms with van der Waals surface area (Å²) in [5, 5.41) is 0. The van der Waals surface area contributed by atoms with Gasteiger partial charge >= 0.3 is 0 Å². The van der Waals surface area contributed by atoms with Gasteiger partial charge in [0.15, 0.2) is 0 Å². The van der Waals surface area contributed by atoms with Crippen molar-refractivity contribution in [1.82, 2.24) is 9.55 Å². The topological polar surface area (TPSA) is 30.2 Å². The third kappa shape index (κ3) is 1.57. The minimum Gasteiger partial charge on any atom is -0.290 e. The summed E-state index contributed by atoms with van der Waals surface area (Å²) >= 11 is 0. The van der Waals surface area contributed by atoms with E-state index in [-0.39, 0.29) is 0 Å². The van der Waals surface area contributed by atoms with E-state index in [2.05, 4.69) is 9.98 Å². The molecule has 0 aliphatic carbocycles. The molecule has 0 unspecified atom stereocenters. The average Bonchev–Trinajstić information content (AvgIpc) is 2.68. The van der Waals surface area contributed by atoms with E-state index in [0.717, 1.165) is 11.4 Å². The molecular weight excluding hydrogens is 174 g/mol. The highest BCUT2D eigenvalue weighted by Crippen LogP contribution is 2.14. The Morgan fingerprint density at radius 1 is 1.29 bits per heavy atom. The van der Waals surface area contributed by atoms with Crippen molar-refractivity contribution in [1.29, 1.82) is 0 Å². The van der Waals surface area contributed by atoms with Gasteiger partial charge in [0.2, 0.25) is 0 Å². The molecule has 2 rings (SSSR count). The quantitative estimate of drug-likeness (QED) is 0.520.